The molecule has 0 fully saturated rings. The molecule has 5 nitrogen and oxygen atoms in total. The zero-order valence-corrected chi connectivity index (χ0v) is 12.0. The van der Waals surface area contributed by atoms with Crippen LogP contribution in [-0.2, 0) is 12.3 Å². The lowest BCUT2D eigenvalue weighted by Crippen LogP contribution is -2.18. The molecule has 0 atom stereocenters. The number of rotatable bonds is 6. The summed E-state index contributed by atoms with van der Waals surface area (Å²) in [6.45, 7) is 1.80. The van der Waals surface area contributed by atoms with E-state index in [0.717, 1.165) is 29.4 Å². The summed E-state index contributed by atoms with van der Waals surface area (Å²) in [5.41, 5.74) is 0.969. The summed E-state index contributed by atoms with van der Waals surface area (Å²) >= 11 is 1.68. The number of benzene rings is 1. The Bertz CT molecular complexity index is 510. The topological polar surface area (TPSA) is 54.2 Å². The number of aromatic hydroxyl groups is 1. The van der Waals surface area contributed by atoms with Crippen LogP contribution in [-0.4, -0.2) is 45.6 Å². The number of thioether (sulfide) groups is 1. The normalized spacial score (nSPS) is 11.1. The first-order valence-electron chi connectivity index (χ1n) is 6.09. The van der Waals surface area contributed by atoms with Crippen molar-refractivity contribution in [1.29, 1.82) is 0 Å². The Hall–Kier alpha value is -1.53. The molecule has 6 heteroatoms. The molecular formula is C13H18N4OS. The van der Waals surface area contributed by atoms with Gasteiger partial charge in [0.25, 0.3) is 0 Å². The largest absolute Gasteiger partial charge is 0.508 e. The SMILES string of the molecule is CN(C)CCn1cc(CSc2ccc(O)cc2)nn1. The number of phenols is 1. The van der Waals surface area contributed by atoms with Gasteiger partial charge in [-0.3, -0.25) is 4.68 Å². The van der Waals surface area contributed by atoms with Crippen molar-refractivity contribution < 1.29 is 5.11 Å². The van der Waals surface area contributed by atoms with Crippen LogP contribution in [0.2, 0.25) is 0 Å². The Labute approximate surface area is 117 Å². The Morgan fingerprint density at radius 3 is 2.68 bits per heavy atom. The van der Waals surface area contributed by atoms with Crippen LogP contribution in [0.3, 0.4) is 0 Å². The van der Waals surface area contributed by atoms with Gasteiger partial charge in [0.15, 0.2) is 0 Å². The minimum absolute atomic E-state index is 0.291. The highest BCUT2D eigenvalue weighted by Crippen LogP contribution is 2.23. The van der Waals surface area contributed by atoms with Crippen LogP contribution in [0.4, 0.5) is 0 Å². The van der Waals surface area contributed by atoms with Gasteiger partial charge in [-0.15, -0.1) is 16.9 Å². The third kappa shape index (κ3) is 4.57. The lowest BCUT2D eigenvalue weighted by molar-refractivity contribution is 0.370. The first-order valence-corrected chi connectivity index (χ1v) is 7.07. The van der Waals surface area contributed by atoms with Crippen molar-refractivity contribution in [3.05, 3.63) is 36.2 Å². The third-order valence-corrected chi connectivity index (χ3v) is 3.63. The molecule has 1 N–H and O–H groups in total. The molecule has 0 unspecified atom stereocenters. The van der Waals surface area contributed by atoms with Gasteiger partial charge in [-0.05, 0) is 38.4 Å². The molecule has 102 valence electrons. The zero-order chi connectivity index (χ0) is 13.7. The average Bonchev–Trinajstić information content (AvgIpc) is 2.84. The van der Waals surface area contributed by atoms with Crippen LogP contribution in [0.25, 0.3) is 0 Å². The van der Waals surface area contributed by atoms with E-state index in [1.54, 1.807) is 23.9 Å². The first kappa shape index (κ1) is 13.9. The fourth-order valence-corrected chi connectivity index (χ4v) is 2.29. The average molecular weight is 278 g/mol. The van der Waals surface area contributed by atoms with Crippen LogP contribution in [0, 0.1) is 0 Å². The monoisotopic (exact) mass is 278 g/mol. The number of likely N-dealkylation sites (N-methyl/N-ethyl adjacent to an activating group) is 1. The van der Waals surface area contributed by atoms with E-state index in [9.17, 15) is 5.11 Å². The third-order valence-electron chi connectivity index (χ3n) is 2.59. The predicted molar refractivity (Wildman–Crippen MR) is 76.2 cm³/mol. The van der Waals surface area contributed by atoms with E-state index < -0.39 is 0 Å². The molecule has 0 radical (unpaired) electrons. The van der Waals surface area contributed by atoms with Crippen molar-refractivity contribution in [2.75, 3.05) is 20.6 Å². The lowest BCUT2D eigenvalue weighted by Gasteiger charge is -2.07. The van der Waals surface area contributed by atoms with Crippen LogP contribution in [0.1, 0.15) is 5.69 Å². The molecule has 1 aromatic carbocycles. The van der Waals surface area contributed by atoms with Gasteiger partial charge in [-0.1, -0.05) is 5.21 Å². The number of phenolic OH excluding ortho intramolecular Hbond substituents is 1. The Balaban J connectivity index is 1.84. The summed E-state index contributed by atoms with van der Waals surface area (Å²) in [6, 6.07) is 7.18. The van der Waals surface area contributed by atoms with Gasteiger partial charge in [0.2, 0.25) is 0 Å². The van der Waals surface area contributed by atoms with E-state index in [1.165, 1.54) is 0 Å². The summed E-state index contributed by atoms with van der Waals surface area (Å²) in [5.74, 6) is 1.08. The molecule has 0 saturated carbocycles. The fraction of sp³-hybridized carbons (Fsp3) is 0.385. The molecule has 0 spiro atoms. The molecule has 0 bridgehead atoms. The van der Waals surface area contributed by atoms with Crippen molar-refractivity contribution >= 4 is 11.8 Å². The van der Waals surface area contributed by atoms with E-state index in [4.69, 9.17) is 0 Å². The highest BCUT2D eigenvalue weighted by atomic mass is 32.2. The van der Waals surface area contributed by atoms with Crippen molar-refractivity contribution in [3.63, 3.8) is 0 Å². The van der Waals surface area contributed by atoms with Crippen molar-refractivity contribution in [2.45, 2.75) is 17.2 Å². The van der Waals surface area contributed by atoms with Gasteiger partial charge in [-0.25, -0.2) is 0 Å². The molecule has 2 aromatic rings. The molecule has 0 aliphatic heterocycles. The van der Waals surface area contributed by atoms with E-state index in [0.29, 0.717) is 5.75 Å². The van der Waals surface area contributed by atoms with Crippen LogP contribution < -0.4 is 0 Å². The standard InChI is InChI=1S/C13H18N4OS/c1-16(2)7-8-17-9-11(14-15-17)10-19-13-5-3-12(18)4-6-13/h3-6,9,18H,7-8,10H2,1-2H3. The fourth-order valence-electron chi connectivity index (χ4n) is 1.52. The van der Waals surface area contributed by atoms with E-state index in [1.807, 2.05) is 37.1 Å². The minimum atomic E-state index is 0.291. The van der Waals surface area contributed by atoms with Crippen LogP contribution in [0.15, 0.2) is 35.4 Å². The number of aromatic nitrogens is 3. The molecular weight excluding hydrogens is 260 g/mol. The van der Waals surface area contributed by atoms with Gasteiger partial charge in [0, 0.05) is 23.4 Å². The van der Waals surface area contributed by atoms with Crippen molar-refractivity contribution in [3.8, 4) is 5.75 Å². The summed E-state index contributed by atoms with van der Waals surface area (Å²) in [6.07, 6.45) is 1.98. The van der Waals surface area contributed by atoms with E-state index in [2.05, 4.69) is 15.2 Å². The molecule has 0 aliphatic carbocycles. The summed E-state index contributed by atoms with van der Waals surface area (Å²) in [5, 5.41) is 17.5. The van der Waals surface area contributed by atoms with Gasteiger partial charge < -0.3 is 10.0 Å². The Kier molecular flexibility index (Phi) is 4.81. The maximum Gasteiger partial charge on any atom is 0.115 e. The highest BCUT2D eigenvalue weighted by molar-refractivity contribution is 7.98. The zero-order valence-electron chi connectivity index (χ0n) is 11.2. The summed E-state index contributed by atoms with van der Waals surface area (Å²) < 4.78 is 1.87. The molecule has 0 amide bonds. The first-order chi connectivity index (χ1) is 9.13. The molecule has 19 heavy (non-hydrogen) atoms. The maximum absolute atomic E-state index is 9.21. The summed E-state index contributed by atoms with van der Waals surface area (Å²) in [4.78, 5) is 3.23. The number of hydrogen-bond acceptors (Lipinski definition) is 5. The molecule has 2 rings (SSSR count). The quantitative estimate of drug-likeness (QED) is 0.817. The number of nitrogens with zero attached hydrogens (tertiary/aromatic N) is 4. The van der Waals surface area contributed by atoms with Crippen molar-refractivity contribution in [2.24, 2.45) is 0 Å². The maximum atomic E-state index is 9.21. The Morgan fingerprint density at radius 2 is 2.00 bits per heavy atom. The molecule has 0 saturated heterocycles. The van der Waals surface area contributed by atoms with E-state index in [-0.39, 0.29) is 0 Å². The van der Waals surface area contributed by atoms with Crippen molar-refractivity contribution in [1.82, 2.24) is 19.9 Å². The van der Waals surface area contributed by atoms with Gasteiger partial charge in [0.05, 0.1) is 12.2 Å². The molecule has 1 aromatic heterocycles. The van der Waals surface area contributed by atoms with E-state index >= 15 is 0 Å². The highest BCUT2D eigenvalue weighted by Gasteiger charge is 2.02. The van der Waals surface area contributed by atoms with Crippen LogP contribution >= 0.6 is 11.8 Å². The number of hydrogen-bond donors (Lipinski definition) is 1. The molecule has 1 heterocycles. The second kappa shape index (κ2) is 6.58. The smallest absolute Gasteiger partial charge is 0.115 e. The van der Waals surface area contributed by atoms with Gasteiger partial charge in [0.1, 0.15) is 5.75 Å². The predicted octanol–water partition coefficient (Wildman–Crippen LogP) is 1.84. The minimum Gasteiger partial charge on any atom is -0.508 e. The molecule has 0 aliphatic rings. The lowest BCUT2D eigenvalue weighted by atomic mass is 10.3. The van der Waals surface area contributed by atoms with Crippen LogP contribution in [0.5, 0.6) is 5.75 Å². The van der Waals surface area contributed by atoms with Gasteiger partial charge >= 0.3 is 0 Å². The Morgan fingerprint density at radius 1 is 1.26 bits per heavy atom. The second-order valence-electron chi connectivity index (χ2n) is 4.56. The second-order valence-corrected chi connectivity index (χ2v) is 5.61. The summed E-state index contributed by atoms with van der Waals surface area (Å²) in [7, 11) is 4.08. The van der Waals surface area contributed by atoms with Gasteiger partial charge in [-0.2, -0.15) is 0 Å².